The van der Waals surface area contributed by atoms with E-state index in [0.717, 1.165) is 69.0 Å². The Balaban J connectivity index is 1.09. The molecular weight excluding hydrogens is 498 g/mol. The van der Waals surface area contributed by atoms with Gasteiger partial charge in [0.15, 0.2) is 0 Å². The molecule has 1 N–H and O–H groups in total. The van der Waals surface area contributed by atoms with Gasteiger partial charge in [0.25, 0.3) is 0 Å². The Morgan fingerprint density at radius 3 is 2.42 bits per heavy atom. The molecule has 2 saturated heterocycles. The van der Waals surface area contributed by atoms with Crippen molar-refractivity contribution in [2.24, 2.45) is 0 Å². The highest BCUT2D eigenvalue weighted by Gasteiger charge is 2.22. The van der Waals surface area contributed by atoms with E-state index < -0.39 is 0 Å². The minimum Gasteiger partial charge on any atom is -0.354 e. The molecule has 0 aliphatic carbocycles. The topological polar surface area (TPSA) is 69.5 Å². The molecule has 8 heteroatoms. The molecule has 0 bridgehead atoms. The molecule has 2 fully saturated rings. The van der Waals surface area contributed by atoms with Gasteiger partial charge in [-0.3, -0.25) is 9.69 Å². The molecular formula is C32H47N7O. The number of anilines is 3. The van der Waals surface area contributed by atoms with Crippen LogP contribution >= 0.6 is 0 Å². The van der Waals surface area contributed by atoms with Crippen LogP contribution in [-0.4, -0.2) is 71.2 Å². The summed E-state index contributed by atoms with van der Waals surface area (Å²) in [7, 11) is 0. The molecule has 3 aromatic rings. The second-order valence-electron chi connectivity index (χ2n) is 11.6. The number of piperazine rings is 1. The number of hydrogen-bond donors (Lipinski definition) is 1. The average Bonchev–Trinajstić information content (AvgIpc) is 3.37. The number of carbonyl (C=O) groups is 1. The molecule has 0 saturated carbocycles. The van der Waals surface area contributed by atoms with Crippen LogP contribution in [0.2, 0.25) is 0 Å². The predicted molar refractivity (Wildman–Crippen MR) is 165 cm³/mol. The van der Waals surface area contributed by atoms with Crippen molar-refractivity contribution in [3.63, 3.8) is 0 Å². The second-order valence-corrected chi connectivity index (χ2v) is 11.6. The average molecular weight is 546 g/mol. The van der Waals surface area contributed by atoms with E-state index in [4.69, 9.17) is 9.97 Å². The Bertz CT molecular complexity index is 1240. The largest absolute Gasteiger partial charge is 0.354 e. The van der Waals surface area contributed by atoms with Crippen LogP contribution < -0.4 is 15.1 Å². The van der Waals surface area contributed by atoms with Crippen LogP contribution in [0.5, 0.6) is 0 Å². The highest BCUT2D eigenvalue weighted by atomic mass is 16.2. The van der Waals surface area contributed by atoms with E-state index in [0.29, 0.717) is 6.54 Å². The van der Waals surface area contributed by atoms with E-state index in [9.17, 15) is 4.79 Å². The molecule has 0 unspecified atom stereocenters. The standard InChI is InChI=1S/C32H47N7O/c1-3-4-5-6-7-9-15-37-18-14-27-24-28(12-13-29(27)37)34-31(40)25-36-19-21-38(22-20-36)30-23-26(2)33-32(35-30)39-16-10-8-11-17-39/h12-14,18,23-24H,3-11,15-17,19-22,25H2,1-2H3,(H,34,40). The Kier molecular flexibility index (Phi) is 9.92. The summed E-state index contributed by atoms with van der Waals surface area (Å²) in [5.74, 6) is 1.92. The molecule has 4 heterocycles. The van der Waals surface area contributed by atoms with E-state index in [-0.39, 0.29) is 5.91 Å². The number of fused-ring (bicyclic) bond motifs is 1. The number of unbranched alkanes of at least 4 members (excludes halogenated alkanes) is 5. The van der Waals surface area contributed by atoms with Gasteiger partial charge in [0.05, 0.1) is 6.54 Å². The van der Waals surface area contributed by atoms with E-state index in [2.05, 4.69) is 68.9 Å². The molecule has 0 radical (unpaired) electrons. The monoisotopic (exact) mass is 545 g/mol. The Morgan fingerprint density at radius 2 is 1.62 bits per heavy atom. The lowest BCUT2D eigenvalue weighted by Crippen LogP contribution is -2.49. The van der Waals surface area contributed by atoms with Gasteiger partial charge in [-0.25, -0.2) is 4.98 Å². The molecule has 2 aromatic heterocycles. The summed E-state index contributed by atoms with van der Waals surface area (Å²) < 4.78 is 2.34. The fourth-order valence-electron chi connectivity index (χ4n) is 6.01. The molecule has 8 nitrogen and oxygen atoms in total. The van der Waals surface area contributed by atoms with E-state index in [1.165, 1.54) is 68.7 Å². The van der Waals surface area contributed by atoms with Crippen molar-refractivity contribution < 1.29 is 4.79 Å². The number of aryl methyl sites for hydroxylation is 2. The number of piperidine rings is 1. The first-order valence-electron chi connectivity index (χ1n) is 15.6. The fourth-order valence-corrected chi connectivity index (χ4v) is 6.01. The van der Waals surface area contributed by atoms with Gasteiger partial charge in [0.1, 0.15) is 5.82 Å². The van der Waals surface area contributed by atoms with E-state index >= 15 is 0 Å². The number of carbonyl (C=O) groups excluding carboxylic acids is 1. The molecule has 0 atom stereocenters. The van der Waals surface area contributed by atoms with Crippen LogP contribution in [0.4, 0.5) is 17.5 Å². The van der Waals surface area contributed by atoms with Crippen molar-refractivity contribution in [1.82, 2.24) is 19.4 Å². The number of rotatable bonds is 12. The third kappa shape index (κ3) is 7.53. The summed E-state index contributed by atoms with van der Waals surface area (Å²) in [5, 5.41) is 4.31. The summed E-state index contributed by atoms with van der Waals surface area (Å²) in [6.07, 6.45) is 13.7. The normalized spacial score (nSPS) is 16.6. The molecule has 216 valence electrons. The first-order chi connectivity index (χ1) is 19.6. The summed E-state index contributed by atoms with van der Waals surface area (Å²) in [6, 6.07) is 10.5. The van der Waals surface area contributed by atoms with Crippen molar-refractivity contribution in [2.75, 3.05) is 60.9 Å². The van der Waals surface area contributed by atoms with Crippen molar-refractivity contribution in [3.05, 3.63) is 42.2 Å². The molecule has 5 rings (SSSR count). The first-order valence-corrected chi connectivity index (χ1v) is 15.6. The van der Waals surface area contributed by atoms with Gasteiger partial charge in [0.2, 0.25) is 11.9 Å². The third-order valence-electron chi connectivity index (χ3n) is 8.34. The molecule has 1 amide bonds. The van der Waals surface area contributed by atoms with E-state index in [1.807, 2.05) is 6.07 Å². The number of benzene rings is 1. The van der Waals surface area contributed by atoms with Crippen molar-refractivity contribution in [1.29, 1.82) is 0 Å². The highest BCUT2D eigenvalue weighted by molar-refractivity contribution is 5.95. The zero-order valence-electron chi connectivity index (χ0n) is 24.6. The van der Waals surface area contributed by atoms with Crippen LogP contribution in [0.1, 0.15) is 70.4 Å². The third-order valence-corrected chi connectivity index (χ3v) is 8.34. The highest BCUT2D eigenvalue weighted by Crippen LogP contribution is 2.23. The van der Waals surface area contributed by atoms with Crippen LogP contribution in [0.25, 0.3) is 10.9 Å². The summed E-state index contributed by atoms with van der Waals surface area (Å²) >= 11 is 0. The van der Waals surface area contributed by atoms with Gasteiger partial charge < -0.3 is 19.7 Å². The van der Waals surface area contributed by atoms with Crippen molar-refractivity contribution in [3.8, 4) is 0 Å². The number of amides is 1. The zero-order chi connectivity index (χ0) is 27.7. The van der Waals surface area contributed by atoms with Gasteiger partial charge in [0, 0.05) is 80.4 Å². The summed E-state index contributed by atoms with van der Waals surface area (Å²) in [5.41, 5.74) is 3.13. The number of nitrogens with zero attached hydrogens (tertiary/aromatic N) is 6. The minimum absolute atomic E-state index is 0.0459. The summed E-state index contributed by atoms with van der Waals surface area (Å²) in [6.45, 7) is 11.3. The smallest absolute Gasteiger partial charge is 0.238 e. The molecule has 40 heavy (non-hydrogen) atoms. The van der Waals surface area contributed by atoms with Crippen molar-refractivity contribution in [2.45, 2.75) is 78.2 Å². The number of hydrogen-bond acceptors (Lipinski definition) is 6. The quantitative estimate of drug-likeness (QED) is 0.288. The lowest BCUT2D eigenvalue weighted by Gasteiger charge is -2.35. The van der Waals surface area contributed by atoms with Gasteiger partial charge in [-0.1, -0.05) is 39.0 Å². The van der Waals surface area contributed by atoms with Gasteiger partial charge >= 0.3 is 0 Å². The maximum atomic E-state index is 12.9. The first kappa shape index (κ1) is 28.4. The van der Waals surface area contributed by atoms with Crippen molar-refractivity contribution >= 4 is 34.3 Å². The summed E-state index contributed by atoms with van der Waals surface area (Å²) in [4.78, 5) is 29.4. The Morgan fingerprint density at radius 1 is 0.850 bits per heavy atom. The van der Waals surface area contributed by atoms with Crippen LogP contribution in [0, 0.1) is 6.92 Å². The number of aromatic nitrogens is 3. The Hall–Kier alpha value is -3.13. The maximum absolute atomic E-state index is 12.9. The van der Waals surface area contributed by atoms with E-state index in [1.54, 1.807) is 0 Å². The Labute approximate surface area is 239 Å². The van der Waals surface area contributed by atoms with Crippen LogP contribution in [-0.2, 0) is 11.3 Å². The maximum Gasteiger partial charge on any atom is 0.238 e. The second kappa shape index (κ2) is 14.0. The fraction of sp³-hybridized carbons (Fsp3) is 0.594. The lowest BCUT2D eigenvalue weighted by molar-refractivity contribution is -0.117. The molecule has 0 spiro atoms. The molecule has 2 aliphatic rings. The SMILES string of the molecule is CCCCCCCCn1ccc2cc(NC(=O)CN3CCN(c4cc(C)nc(N5CCCCC5)n4)CC3)ccc21. The molecule has 2 aliphatic heterocycles. The molecule has 1 aromatic carbocycles. The number of nitrogens with one attached hydrogen (secondary N) is 1. The van der Waals surface area contributed by atoms with Gasteiger partial charge in [-0.2, -0.15) is 4.98 Å². The lowest BCUT2D eigenvalue weighted by atomic mass is 10.1. The minimum atomic E-state index is 0.0459. The zero-order valence-corrected chi connectivity index (χ0v) is 24.6. The van der Waals surface area contributed by atoms with Crippen LogP contribution in [0.3, 0.4) is 0 Å². The predicted octanol–water partition coefficient (Wildman–Crippen LogP) is 5.85. The van der Waals surface area contributed by atoms with Crippen LogP contribution in [0.15, 0.2) is 36.5 Å². The van der Waals surface area contributed by atoms with Gasteiger partial charge in [-0.15, -0.1) is 0 Å². The van der Waals surface area contributed by atoms with Gasteiger partial charge in [-0.05, 0) is 56.9 Å².